The summed E-state index contributed by atoms with van der Waals surface area (Å²) < 4.78 is 57.8. The van der Waals surface area contributed by atoms with Crippen molar-refractivity contribution in [1.82, 2.24) is 0 Å². The molecule has 0 spiro atoms. The van der Waals surface area contributed by atoms with Gasteiger partial charge < -0.3 is 23.7 Å². The van der Waals surface area contributed by atoms with Crippen molar-refractivity contribution in [1.29, 1.82) is 0 Å². The Labute approximate surface area is 242 Å². The van der Waals surface area contributed by atoms with Gasteiger partial charge in [0.25, 0.3) is 0 Å². The molecule has 5 atom stereocenters. The summed E-state index contributed by atoms with van der Waals surface area (Å²) in [5.41, 5.74) is 1.28. The molecule has 42 heavy (non-hydrogen) atoms. The highest BCUT2D eigenvalue weighted by Gasteiger charge is 2.55. The fourth-order valence-corrected chi connectivity index (χ4v) is 5.27. The number of ether oxygens (including phenoxy) is 5. The van der Waals surface area contributed by atoms with Crippen LogP contribution in [0.4, 0.5) is 0 Å². The number of methoxy groups -OCH3 is 1. The van der Waals surface area contributed by atoms with Crippen molar-refractivity contribution in [2.75, 3.05) is 7.11 Å². The van der Waals surface area contributed by atoms with E-state index in [1.807, 2.05) is 0 Å². The minimum Gasteiger partial charge on any atom is -0.469 e. The third-order valence-corrected chi connectivity index (χ3v) is 7.15. The maximum absolute atomic E-state index is 14.1. The average molecular weight is 609 g/mol. The lowest BCUT2D eigenvalue weighted by Gasteiger charge is -2.44. The first-order chi connectivity index (χ1) is 20.0. The van der Waals surface area contributed by atoms with Gasteiger partial charge in [-0.15, -0.1) is 0 Å². The molecule has 0 amide bonds. The number of esters is 4. The van der Waals surface area contributed by atoms with E-state index in [1.54, 1.807) is 60.7 Å². The van der Waals surface area contributed by atoms with E-state index in [0.29, 0.717) is 11.1 Å². The number of phosphoric ester groups is 1. The SMILES string of the molecule is COC(=O)C[C@H]1OC(OP(=O)(OCc2ccccc2)OCc2ccccc2)[C@@H](OC(C)=O)[C@H](OC(C)=O)C1OC(C)=O. The first-order valence-corrected chi connectivity index (χ1v) is 14.3. The minimum atomic E-state index is -4.56. The van der Waals surface area contributed by atoms with Gasteiger partial charge in [0.2, 0.25) is 6.29 Å². The summed E-state index contributed by atoms with van der Waals surface area (Å²) in [6, 6.07) is 17.5. The van der Waals surface area contributed by atoms with Gasteiger partial charge in [-0.2, -0.15) is 0 Å². The van der Waals surface area contributed by atoms with E-state index in [9.17, 15) is 23.7 Å². The molecule has 0 N–H and O–H groups in total. The topological polar surface area (TPSA) is 159 Å². The zero-order chi connectivity index (χ0) is 30.7. The van der Waals surface area contributed by atoms with Gasteiger partial charge >= 0.3 is 31.7 Å². The summed E-state index contributed by atoms with van der Waals surface area (Å²) in [6.45, 7) is 2.83. The molecule has 14 heteroatoms. The van der Waals surface area contributed by atoms with E-state index in [1.165, 1.54) is 0 Å². The molecule has 13 nitrogen and oxygen atoms in total. The van der Waals surface area contributed by atoms with E-state index in [0.717, 1.165) is 27.9 Å². The van der Waals surface area contributed by atoms with Gasteiger partial charge in [-0.25, -0.2) is 4.57 Å². The van der Waals surface area contributed by atoms with Crippen LogP contribution < -0.4 is 0 Å². The Hall–Kier alpha value is -3.61. The second-order valence-electron chi connectivity index (χ2n) is 9.12. The minimum absolute atomic E-state index is 0.201. The van der Waals surface area contributed by atoms with Gasteiger partial charge in [-0.05, 0) is 11.1 Å². The largest absolute Gasteiger partial charge is 0.477 e. The number of carbonyl (C=O) groups excluding carboxylic acids is 4. The second kappa shape index (κ2) is 15.6. The molecule has 1 aliphatic rings. The van der Waals surface area contributed by atoms with Crippen LogP contribution in [0.2, 0.25) is 0 Å². The van der Waals surface area contributed by atoms with E-state index in [4.69, 9.17) is 37.3 Å². The Kier molecular flexibility index (Phi) is 12.2. The molecule has 1 saturated heterocycles. The molecule has 3 rings (SSSR count). The second-order valence-corrected chi connectivity index (χ2v) is 10.7. The van der Waals surface area contributed by atoms with Crippen molar-refractivity contribution in [2.24, 2.45) is 0 Å². The Balaban J connectivity index is 1.99. The lowest BCUT2D eigenvalue weighted by atomic mass is 9.96. The normalized spacial score (nSPS) is 22.0. The number of benzene rings is 2. The maximum Gasteiger partial charge on any atom is 0.477 e. The van der Waals surface area contributed by atoms with Crippen molar-refractivity contribution < 1.29 is 61.0 Å². The van der Waals surface area contributed by atoms with Crippen molar-refractivity contribution in [2.45, 2.75) is 71.1 Å². The van der Waals surface area contributed by atoms with E-state index >= 15 is 0 Å². The van der Waals surface area contributed by atoms with Crippen molar-refractivity contribution >= 4 is 31.7 Å². The molecule has 2 unspecified atom stereocenters. The lowest BCUT2D eigenvalue weighted by molar-refractivity contribution is -0.287. The van der Waals surface area contributed by atoms with Gasteiger partial charge in [0.05, 0.1) is 26.7 Å². The van der Waals surface area contributed by atoms with Crippen LogP contribution in [0.5, 0.6) is 0 Å². The molecule has 0 aliphatic carbocycles. The molecule has 1 fully saturated rings. The smallest absolute Gasteiger partial charge is 0.469 e. The summed E-state index contributed by atoms with van der Waals surface area (Å²) in [5.74, 6) is -3.27. The first kappa shape index (κ1) is 32.9. The van der Waals surface area contributed by atoms with Crippen molar-refractivity contribution in [3.63, 3.8) is 0 Å². The Morgan fingerprint density at radius 2 is 1.17 bits per heavy atom. The standard InChI is InChI=1S/C28H33O13P/c1-18(29)37-25-23(15-24(32)34-4)40-28(27(39-20(3)31)26(25)38-19(2)30)41-42(33,35-16-21-11-7-5-8-12-21)36-17-22-13-9-6-10-14-22/h5-14,23,25-28H,15-17H2,1-4H3/t23-,25?,26-,27+,28?/m1/s1. The van der Waals surface area contributed by atoms with Crippen LogP contribution in [0.15, 0.2) is 60.7 Å². The third kappa shape index (κ3) is 10.0. The third-order valence-electron chi connectivity index (χ3n) is 5.79. The zero-order valence-corrected chi connectivity index (χ0v) is 24.4. The van der Waals surface area contributed by atoms with Gasteiger partial charge in [0, 0.05) is 20.8 Å². The fourth-order valence-electron chi connectivity index (χ4n) is 4.03. The Bertz CT molecular complexity index is 1210. The maximum atomic E-state index is 14.1. The van der Waals surface area contributed by atoms with E-state index < -0.39 is 68.8 Å². The molecule has 2 aromatic rings. The van der Waals surface area contributed by atoms with Crippen LogP contribution in [0.1, 0.15) is 38.3 Å². The summed E-state index contributed by atoms with van der Waals surface area (Å²) in [7, 11) is -3.42. The van der Waals surface area contributed by atoms with Crippen molar-refractivity contribution in [3.05, 3.63) is 71.8 Å². The van der Waals surface area contributed by atoms with Crippen LogP contribution in [-0.2, 0) is 74.2 Å². The fraction of sp³-hybridized carbons (Fsp3) is 0.429. The van der Waals surface area contributed by atoms with Gasteiger partial charge in [0.15, 0.2) is 18.3 Å². The highest BCUT2D eigenvalue weighted by atomic mass is 31.2. The van der Waals surface area contributed by atoms with Crippen LogP contribution in [-0.4, -0.2) is 61.7 Å². The number of hydrogen-bond donors (Lipinski definition) is 0. The van der Waals surface area contributed by atoms with Crippen LogP contribution >= 0.6 is 7.82 Å². The van der Waals surface area contributed by atoms with Gasteiger partial charge in [0.1, 0.15) is 6.10 Å². The number of hydrogen-bond acceptors (Lipinski definition) is 13. The number of rotatable bonds is 13. The summed E-state index contributed by atoms with van der Waals surface area (Å²) in [5, 5.41) is 0. The number of carbonyl (C=O) groups is 4. The first-order valence-electron chi connectivity index (χ1n) is 12.9. The van der Waals surface area contributed by atoms with Gasteiger partial charge in [-0.3, -0.25) is 32.7 Å². The zero-order valence-electron chi connectivity index (χ0n) is 23.5. The average Bonchev–Trinajstić information content (AvgIpc) is 2.95. The molecule has 1 aliphatic heterocycles. The Morgan fingerprint density at radius 1 is 0.714 bits per heavy atom. The molecule has 2 aromatic carbocycles. The quantitative estimate of drug-likeness (QED) is 0.184. The Morgan fingerprint density at radius 3 is 1.62 bits per heavy atom. The molecule has 1 heterocycles. The predicted octanol–water partition coefficient (Wildman–Crippen LogP) is 3.63. The highest BCUT2D eigenvalue weighted by molar-refractivity contribution is 7.48. The molecular formula is C28H33O13P. The number of phosphoric acid groups is 1. The monoisotopic (exact) mass is 608 g/mol. The lowest BCUT2D eigenvalue weighted by Crippen LogP contribution is -2.62. The van der Waals surface area contributed by atoms with Gasteiger partial charge in [-0.1, -0.05) is 60.7 Å². The molecule has 0 saturated carbocycles. The predicted molar refractivity (Wildman–Crippen MR) is 143 cm³/mol. The van der Waals surface area contributed by atoms with Crippen LogP contribution in [0.3, 0.4) is 0 Å². The molecule has 0 radical (unpaired) electrons. The van der Waals surface area contributed by atoms with E-state index in [-0.39, 0.29) is 13.2 Å². The summed E-state index contributed by atoms with van der Waals surface area (Å²) in [4.78, 5) is 48.4. The van der Waals surface area contributed by atoms with Crippen LogP contribution in [0.25, 0.3) is 0 Å². The molecule has 0 bridgehead atoms. The van der Waals surface area contributed by atoms with Crippen molar-refractivity contribution in [3.8, 4) is 0 Å². The molecular weight excluding hydrogens is 575 g/mol. The molecule has 228 valence electrons. The summed E-state index contributed by atoms with van der Waals surface area (Å²) in [6.07, 6.45) is -8.24. The highest BCUT2D eigenvalue weighted by Crippen LogP contribution is 2.53. The summed E-state index contributed by atoms with van der Waals surface area (Å²) >= 11 is 0. The van der Waals surface area contributed by atoms with Crippen LogP contribution in [0, 0.1) is 0 Å². The van der Waals surface area contributed by atoms with E-state index in [2.05, 4.69) is 0 Å². The molecule has 0 aromatic heterocycles.